The first-order valence-corrected chi connectivity index (χ1v) is 11.5. The maximum Gasteiger partial charge on any atom is 0.248 e. The van der Waals surface area contributed by atoms with Gasteiger partial charge in [-0.15, -0.1) is 0 Å². The quantitative estimate of drug-likeness (QED) is 0.558. The first kappa shape index (κ1) is 21.3. The van der Waals surface area contributed by atoms with Crippen LogP contribution in [0.4, 0.5) is 0 Å². The van der Waals surface area contributed by atoms with Gasteiger partial charge in [0.2, 0.25) is 5.91 Å². The van der Waals surface area contributed by atoms with Gasteiger partial charge in [-0.1, -0.05) is 38.8 Å². The van der Waals surface area contributed by atoms with E-state index in [4.69, 9.17) is 5.73 Å². The maximum atomic E-state index is 11.5. The van der Waals surface area contributed by atoms with E-state index in [0.717, 1.165) is 24.5 Å². The molecule has 1 unspecified atom stereocenters. The van der Waals surface area contributed by atoms with E-state index in [-0.39, 0.29) is 5.91 Å². The summed E-state index contributed by atoms with van der Waals surface area (Å²) in [4.78, 5) is 14.3. The lowest BCUT2D eigenvalue weighted by Gasteiger charge is -2.39. The number of fused-ring (bicyclic) bond motifs is 2. The largest absolute Gasteiger partial charge is 0.366 e. The van der Waals surface area contributed by atoms with Crippen molar-refractivity contribution in [3.8, 4) is 0 Å². The molecule has 2 saturated heterocycles. The fourth-order valence-electron chi connectivity index (χ4n) is 5.29. The van der Waals surface area contributed by atoms with Crippen LogP contribution in [0.1, 0.15) is 87.1 Å². The molecule has 2 fully saturated rings. The monoisotopic (exact) mass is 385 g/mol. The van der Waals surface area contributed by atoms with Crippen molar-refractivity contribution in [2.45, 2.75) is 83.2 Å². The maximum absolute atomic E-state index is 11.5. The number of carbonyl (C=O) groups excluding carboxylic acids is 1. The van der Waals surface area contributed by atoms with Crippen LogP contribution in [-0.4, -0.2) is 42.5 Å². The van der Waals surface area contributed by atoms with Crippen molar-refractivity contribution in [2.75, 3.05) is 19.6 Å². The summed E-state index contributed by atoms with van der Waals surface area (Å²) in [6, 6.07) is 9.45. The Morgan fingerprint density at radius 1 is 1.18 bits per heavy atom. The second-order valence-electron chi connectivity index (χ2n) is 8.87. The first-order chi connectivity index (χ1) is 13.6. The Morgan fingerprint density at radius 2 is 1.89 bits per heavy atom. The summed E-state index contributed by atoms with van der Waals surface area (Å²) in [5, 5.41) is 3.65. The Morgan fingerprint density at radius 3 is 2.54 bits per heavy atom. The molecule has 3 N–H and O–H groups in total. The molecule has 0 spiro atoms. The summed E-state index contributed by atoms with van der Waals surface area (Å²) < 4.78 is 0. The van der Waals surface area contributed by atoms with Gasteiger partial charge in [-0.25, -0.2) is 0 Å². The van der Waals surface area contributed by atoms with Crippen molar-refractivity contribution < 1.29 is 4.79 Å². The number of nitrogens with one attached hydrogen (secondary N) is 1. The van der Waals surface area contributed by atoms with Gasteiger partial charge in [-0.05, 0) is 87.7 Å². The van der Waals surface area contributed by atoms with Crippen molar-refractivity contribution >= 4 is 5.91 Å². The van der Waals surface area contributed by atoms with Gasteiger partial charge < -0.3 is 11.1 Å². The molecular formula is C24H39N3O. The SMILES string of the molecule is CCC(CC)CNCCCCN1[C@@H]2CC[C@H]1CC(c1cccc(C(N)=O)c1)C2. The standard InChI is InChI=1S/C24H39N3O/c1-3-18(4-2)17-26-12-5-6-13-27-22-10-11-23(27)16-21(15-22)19-8-7-9-20(14-19)24(25)28/h7-9,14,18,21-23,26H,3-6,10-13,15-17H2,1-2H3,(H2,25,28)/t21?,22-,23+. The third kappa shape index (κ3) is 5.36. The van der Waals surface area contributed by atoms with Crippen LogP contribution in [0, 0.1) is 5.92 Å². The third-order valence-corrected chi connectivity index (χ3v) is 7.13. The van der Waals surface area contributed by atoms with E-state index in [2.05, 4.69) is 30.1 Å². The second-order valence-corrected chi connectivity index (χ2v) is 8.87. The van der Waals surface area contributed by atoms with Crippen LogP contribution in [0.25, 0.3) is 0 Å². The Balaban J connectivity index is 1.43. The van der Waals surface area contributed by atoms with Crippen LogP contribution >= 0.6 is 0 Å². The highest BCUT2D eigenvalue weighted by Crippen LogP contribution is 2.43. The molecule has 1 amide bonds. The number of unbranched alkanes of at least 4 members (excludes halogenated alkanes) is 1. The molecule has 3 rings (SSSR count). The zero-order valence-electron chi connectivity index (χ0n) is 17.8. The number of carbonyl (C=O) groups is 1. The lowest BCUT2D eigenvalue weighted by molar-refractivity contribution is 0.1000. The van der Waals surface area contributed by atoms with Crippen LogP contribution in [0.15, 0.2) is 24.3 Å². The number of nitrogens with zero attached hydrogens (tertiary/aromatic N) is 1. The normalized spacial score (nSPS) is 24.8. The minimum Gasteiger partial charge on any atom is -0.366 e. The number of rotatable bonds is 11. The molecule has 1 aromatic carbocycles. The summed E-state index contributed by atoms with van der Waals surface area (Å²) in [6.45, 7) is 8.16. The smallest absolute Gasteiger partial charge is 0.248 e. The van der Waals surface area contributed by atoms with Crippen molar-refractivity contribution in [3.63, 3.8) is 0 Å². The first-order valence-electron chi connectivity index (χ1n) is 11.5. The van der Waals surface area contributed by atoms with E-state index in [9.17, 15) is 4.79 Å². The molecule has 0 radical (unpaired) electrons. The molecule has 2 bridgehead atoms. The summed E-state index contributed by atoms with van der Waals surface area (Å²) >= 11 is 0. The molecule has 4 heteroatoms. The van der Waals surface area contributed by atoms with Gasteiger partial charge in [0.25, 0.3) is 0 Å². The molecule has 0 aromatic heterocycles. The van der Waals surface area contributed by atoms with Crippen molar-refractivity contribution in [2.24, 2.45) is 11.7 Å². The fraction of sp³-hybridized carbons (Fsp3) is 0.708. The van der Waals surface area contributed by atoms with E-state index < -0.39 is 0 Å². The van der Waals surface area contributed by atoms with Gasteiger partial charge in [0.1, 0.15) is 0 Å². The Labute approximate surface area is 171 Å². The molecule has 1 aromatic rings. The zero-order chi connectivity index (χ0) is 19.9. The number of benzene rings is 1. The lowest BCUT2D eigenvalue weighted by Crippen LogP contribution is -2.42. The predicted octanol–water partition coefficient (Wildman–Crippen LogP) is 4.30. The third-order valence-electron chi connectivity index (χ3n) is 7.13. The van der Waals surface area contributed by atoms with Crippen LogP contribution in [0.3, 0.4) is 0 Å². The number of hydrogen-bond donors (Lipinski definition) is 2. The molecule has 0 aliphatic carbocycles. The van der Waals surface area contributed by atoms with Gasteiger partial charge in [0.05, 0.1) is 0 Å². The highest BCUT2D eigenvalue weighted by Gasteiger charge is 2.40. The van der Waals surface area contributed by atoms with E-state index >= 15 is 0 Å². The average Bonchev–Trinajstić information content (AvgIpc) is 2.94. The molecule has 3 atom stereocenters. The average molecular weight is 386 g/mol. The lowest BCUT2D eigenvalue weighted by atomic mass is 9.84. The van der Waals surface area contributed by atoms with Gasteiger partial charge in [-0.3, -0.25) is 9.69 Å². The van der Waals surface area contributed by atoms with Gasteiger partial charge in [0, 0.05) is 17.6 Å². The predicted molar refractivity (Wildman–Crippen MR) is 117 cm³/mol. The molecule has 156 valence electrons. The van der Waals surface area contributed by atoms with E-state index in [1.54, 1.807) is 0 Å². The summed E-state index contributed by atoms with van der Waals surface area (Å²) in [6.07, 6.45) is 10.3. The Hall–Kier alpha value is -1.39. The van der Waals surface area contributed by atoms with Crippen LogP contribution < -0.4 is 11.1 Å². The van der Waals surface area contributed by atoms with Gasteiger partial charge in [-0.2, -0.15) is 0 Å². The fourth-order valence-corrected chi connectivity index (χ4v) is 5.29. The van der Waals surface area contributed by atoms with Crippen molar-refractivity contribution in [3.05, 3.63) is 35.4 Å². The topological polar surface area (TPSA) is 58.4 Å². The highest BCUT2D eigenvalue weighted by atomic mass is 16.1. The minimum atomic E-state index is -0.319. The van der Waals surface area contributed by atoms with Gasteiger partial charge in [0.15, 0.2) is 0 Å². The number of primary amides is 1. The summed E-state index contributed by atoms with van der Waals surface area (Å²) in [5.74, 6) is 1.10. The number of amides is 1. The molecule has 2 aliphatic heterocycles. The van der Waals surface area contributed by atoms with Gasteiger partial charge >= 0.3 is 0 Å². The summed E-state index contributed by atoms with van der Waals surface area (Å²) in [7, 11) is 0. The second kappa shape index (κ2) is 10.4. The van der Waals surface area contributed by atoms with Crippen molar-refractivity contribution in [1.82, 2.24) is 10.2 Å². The minimum absolute atomic E-state index is 0.319. The number of nitrogens with two attached hydrogens (primary N) is 1. The zero-order valence-corrected chi connectivity index (χ0v) is 17.8. The molecular weight excluding hydrogens is 346 g/mol. The summed E-state index contributed by atoms with van der Waals surface area (Å²) in [5.41, 5.74) is 7.42. The highest BCUT2D eigenvalue weighted by molar-refractivity contribution is 5.92. The number of hydrogen-bond acceptors (Lipinski definition) is 3. The van der Waals surface area contributed by atoms with E-state index in [0.29, 0.717) is 11.5 Å². The molecule has 4 nitrogen and oxygen atoms in total. The molecule has 2 heterocycles. The molecule has 28 heavy (non-hydrogen) atoms. The van der Waals surface area contributed by atoms with Crippen molar-refractivity contribution in [1.29, 1.82) is 0 Å². The number of piperidine rings is 1. The van der Waals surface area contributed by atoms with Crippen LogP contribution in [0.2, 0.25) is 0 Å². The van der Waals surface area contributed by atoms with Crippen LogP contribution in [-0.2, 0) is 0 Å². The van der Waals surface area contributed by atoms with Crippen LogP contribution in [0.5, 0.6) is 0 Å². The van der Waals surface area contributed by atoms with E-state index in [1.165, 1.54) is 70.0 Å². The Bertz CT molecular complexity index is 614. The Kier molecular flexibility index (Phi) is 7.92. The molecule has 0 saturated carbocycles. The van der Waals surface area contributed by atoms with E-state index in [1.807, 2.05) is 18.2 Å². The molecule has 2 aliphatic rings.